The number of carbonyl (C=O) groups excluding carboxylic acids is 1. The maximum Gasteiger partial charge on any atom is 0.234 e. The summed E-state index contributed by atoms with van der Waals surface area (Å²) >= 11 is 1.18. The van der Waals surface area contributed by atoms with Gasteiger partial charge in [-0.05, 0) is 30.3 Å². The lowest BCUT2D eigenvalue weighted by molar-refractivity contribution is -0.113. The second-order valence-corrected chi connectivity index (χ2v) is 6.25. The highest BCUT2D eigenvalue weighted by Crippen LogP contribution is 2.23. The summed E-state index contributed by atoms with van der Waals surface area (Å²) in [6, 6.07) is 13.4. The van der Waals surface area contributed by atoms with Crippen molar-refractivity contribution in [3.05, 3.63) is 54.3 Å². The van der Waals surface area contributed by atoms with Crippen molar-refractivity contribution >= 4 is 45.4 Å². The van der Waals surface area contributed by atoms with Gasteiger partial charge in [-0.3, -0.25) is 4.79 Å². The molecule has 6 nitrogen and oxygen atoms in total. The molecule has 124 valence electrons. The monoisotopic (exact) mass is 353 g/mol. The molecule has 0 radical (unpaired) electrons. The molecule has 2 heterocycles. The predicted octanol–water partition coefficient (Wildman–Crippen LogP) is 3.38. The van der Waals surface area contributed by atoms with Crippen LogP contribution in [0.25, 0.3) is 22.1 Å². The number of hydrogen-bond acceptors (Lipinski definition) is 5. The Morgan fingerprint density at radius 3 is 2.76 bits per heavy atom. The van der Waals surface area contributed by atoms with Crippen molar-refractivity contribution in [3.8, 4) is 0 Å². The average Bonchev–Trinajstić information content (AvgIpc) is 3.00. The molecule has 0 atom stereocenters. The number of aromatic nitrogens is 4. The van der Waals surface area contributed by atoms with E-state index in [1.807, 2.05) is 24.3 Å². The molecule has 8 heteroatoms. The first-order valence-electron chi connectivity index (χ1n) is 7.48. The second kappa shape index (κ2) is 6.48. The molecule has 1 amide bonds. The minimum atomic E-state index is -0.349. The predicted molar refractivity (Wildman–Crippen MR) is 94.9 cm³/mol. The minimum absolute atomic E-state index is 0.130. The van der Waals surface area contributed by atoms with E-state index in [-0.39, 0.29) is 17.5 Å². The number of fused-ring (bicyclic) bond motifs is 3. The molecule has 4 aromatic rings. The third-order valence-electron chi connectivity index (χ3n) is 3.56. The largest absolute Gasteiger partial charge is 0.338 e. The highest BCUT2D eigenvalue weighted by atomic mass is 32.2. The average molecular weight is 353 g/mol. The van der Waals surface area contributed by atoms with Gasteiger partial charge in [0, 0.05) is 16.6 Å². The molecule has 0 bridgehead atoms. The van der Waals surface area contributed by atoms with Crippen LogP contribution in [-0.2, 0) is 4.79 Å². The summed E-state index contributed by atoms with van der Waals surface area (Å²) in [5.41, 5.74) is 2.82. The topological polar surface area (TPSA) is 83.6 Å². The Balaban J connectivity index is 1.46. The summed E-state index contributed by atoms with van der Waals surface area (Å²) in [6.07, 6.45) is 0. The third kappa shape index (κ3) is 3.29. The molecule has 0 spiro atoms. The molecule has 2 N–H and O–H groups in total. The highest BCUT2D eigenvalue weighted by molar-refractivity contribution is 7.99. The van der Waals surface area contributed by atoms with Crippen molar-refractivity contribution in [1.29, 1.82) is 0 Å². The summed E-state index contributed by atoms with van der Waals surface area (Å²) in [5, 5.41) is 12.3. The van der Waals surface area contributed by atoms with Crippen LogP contribution in [-0.4, -0.2) is 31.8 Å². The fourth-order valence-electron chi connectivity index (χ4n) is 2.43. The van der Waals surface area contributed by atoms with E-state index < -0.39 is 0 Å². The smallest absolute Gasteiger partial charge is 0.234 e. The van der Waals surface area contributed by atoms with E-state index in [9.17, 15) is 9.18 Å². The van der Waals surface area contributed by atoms with Gasteiger partial charge in [0.2, 0.25) is 11.1 Å². The molecule has 0 unspecified atom stereocenters. The number of para-hydroxylation sites is 1. The molecule has 2 aromatic carbocycles. The zero-order chi connectivity index (χ0) is 17.2. The fourth-order valence-corrected chi connectivity index (χ4v) is 3.01. The van der Waals surface area contributed by atoms with Gasteiger partial charge in [-0.25, -0.2) is 9.37 Å². The van der Waals surface area contributed by atoms with E-state index in [1.54, 1.807) is 0 Å². The first-order chi connectivity index (χ1) is 12.2. The van der Waals surface area contributed by atoms with E-state index in [0.717, 1.165) is 10.9 Å². The van der Waals surface area contributed by atoms with Crippen LogP contribution in [0.2, 0.25) is 0 Å². The number of benzene rings is 2. The van der Waals surface area contributed by atoms with Crippen LogP contribution in [0, 0.1) is 5.82 Å². The number of nitrogens with one attached hydrogen (secondary N) is 2. The maximum atomic E-state index is 12.9. The number of rotatable bonds is 4. The molecular weight excluding hydrogens is 341 g/mol. The van der Waals surface area contributed by atoms with Crippen molar-refractivity contribution < 1.29 is 9.18 Å². The van der Waals surface area contributed by atoms with Crippen LogP contribution >= 0.6 is 11.8 Å². The van der Waals surface area contributed by atoms with Gasteiger partial charge in [0.15, 0.2) is 5.65 Å². The van der Waals surface area contributed by atoms with Crippen molar-refractivity contribution in [2.45, 2.75) is 5.16 Å². The van der Waals surface area contributed by atoms with Gasteiger partial charge in [0.05, 0.1) is 5.75 Å². The third-order valence-corrected chi connectivity index (χ3v) is 4.40. The number of thioether (sulfide) groups is 1. The molecular formula is C17H12FN5OS. The quantitative estimate of drug-likeness (QED) is 0.550. The van der Waals surface area contributed by atoms with Crippen LogP contribution < -0.4 is 5.32 Å². The molecule has 0 saturated heterocycles. The SMILES string of the molecule is O=C(CSc1nnc2c(n1)[nH]c1ccccc12)Nc1ccc(F)cc1. The molecule has 0 aliphatic heterocycles. The first-order valence-corrected chi connectivity index (χ1v) is 8.47. The molecule has 0 fully saturated rings. The van der Waals surface area contributed by atoms with Gasteiger partial charge < -0.3 is 10.3 Å². The van der Waals surface area contributed by atoms with E-state index in [4.69, 9.17) is 0 Å². The highest BCUT2D eigenvalue weighted by Gasteiger charge is 2.10. The maximum absolute atomic E-state index is 12.9. The lowest BCUT2D eigenvalue weighted by Gasteiger charge is -2.04. The van der Waals surface area contributed by atoms with Crippen LogP contribution in [0.4, 0.5) is 10.1 Å². The number of amides is 1. The first kappa shape index (κ1) is 15.5. The Bertz CT molecular complexity index is 1060. The van der Waals surface area contributed by atoms with Crippen LogP contribution in [0.15, 0.2) is 53.7 Å². The summed E-state index contributed by atoms with van der Waals surface area (Å²) in [4.78, 5) is 19.6. The number of H-pyrrole nitrogens is 1. The summed E-state index contributed by atoms with van der Waals surface area (Å²) in [7, 11) is 0. The van der Waals surface area contributed by atoms with Gasteiger partial charge in [-0.15, -0.1) is 10.2 Å². The lowest BCUT2D eigenvalue weighted by Crippen LogP contribution is -2.14. The summed E-state index contributed by atoms with van der Waals surface area (Å²) in [6.45, 7) is 0. The Labute approximate surface area is 145 Å². The zero-order valence-corrected chi connectivity index (χ0v) is 13.7. The van der Waals surface area contributed by atoms with Crippen LogP contribution in [0.5, 0.6) is 0 Å². The van der Waals surface area contributed by atoms with Crippen molar-refractivity contribution in [3.63, 3.8) is 0 Å². The fraction of sp³-hybridized carbons (Fsp3) is 0.0588. The van der Waals surface area contributed by atoms with E-state index in [1.165, 1.54) is 36.0 Å². The lowest BCUT2D eigenvalue weighted by atomic mass is 10.2. The minimum Gasteiger partial charge on any atom is -0.338 e. The molecule has 0 saturated carbocycles. The zero-order valence-electron chi connectivity index (χ0n) is 12.9. The summed E-state index contributed by atoms with van der Waals surface area (Å²) in [5.74, 6) is -0.444. The Kier molecular flexibility index (Phi) is 4.02. The van der Waals surface area contributed by atoms with E-state index >= 15 is 0 Å². The number of carbonyl (C=O) groups is 1. The van der Waals surface area contributed by atoms with Gasteiger partial charge in [0.1, 0.15) is 11.3 Å². The van der Waals surface area contributed by atoms with E-state index in [0.29, 0.717) is 22.0 Å². The number of hydrogen-bond donors (Lipinski definition) is 2. The number of anilines is 1. The summed E-state index contributed by atoms with van der Waals surface area (Å²) < 4.78 is 12.9. The van der Waals surface area contributed by atoms with Gasteiger partial charge in [-0.2, -0.15) is 0 Å². The standard InChI is InChI=1S/C17H12FN5OS/c18-10-5-7-11(8-6-10)19-14(24)9-25-17-21-16-15(22-23-17)12-3-1-2-4-13(12)20-16/h1-8H,9H2,(H,19,24)(H,20,21,23). The van der Waals surface area contributed by atoms with Crippen LogP contribution in [0.3, 0.4) is 0 Å². The van der Waals surface area contributed by atoms with Crippen molar-refractivity contribution in [2.24, 2.45) is 0 Å². The number of nitrogens with zero attached hydrogens (tertiary/aromatic N) is 3. The Hall–Kier alpha value is -3.00. The molecule has 2 aromatic heterocycles. The molecule has 4 rings (SSSR count). The van der Waals surface area contributed by atoms with Crippen molar-refractivity contribution in [1.82, 2.24) is 20.2 Å². The number of aromatic amines is 1. The van der Waals surface area contributed by atoms with Crippen LogP contribution in [0.1, 0.15) is 0 Å². The Morgan fingerprint density at radius 1 is 1.12 bits per heavy atom. The van der Waals surface area contributed by atoms with Gasteiger partial charge >= 0.3 is 0 Å². The number of halogens is 1. The van der Waals surface area contributed by atoms with Gasteiger partial charge in [-0.1, -0.05) is 30.0 Å². The van der Waals surface area contributed by atoms with Crippen molar-refractivity contribution in [2.75, 3.05) is 11.1 Å². The van der Waals surface area contributed by atoms with Gasteiger partial charge in [0.25, 0.3) is 0 Å². The second-order valence-electron chi connectivity index (χ2n) is 5.31. The normalized spacial score (nSPS) is 11.1. The van der Waals surface area contributed by atoms with E-state index in [2.05, 4.69) is 25.5 Å². The molecule has 25 heavy (non-hydrogen) atoms. The Morgan fingerprint density at radius 2 is 1.92 bits per heavy atom. The molecule has 0 aliphatic carbocycles. The molecule has 0 aliphatic rings.